The number of nitrogens with one attached hydrogen (secondary N) is 1. The molecule has 1 aliphatic rings. The molecular formula is C18H24FNO4. The van der Waals surface area contributed by atoms with Crippen LogP contribution in [0.1, 0.15) is 44.6 Å². The molecule has 0 unspecified atom stereocenters. The van der Waals surface area contributed by atoms with Gasteiger partial charge in [-0.2, -0.15) is 0 Å². The Morgan fingerprint density at radius 3 is 2.54 bits per heavy atom. The lowest BCUT2D eigenvalue weighted by atomic mass is 9.75. The second-order valence-corrected chi connectivity index (χ2v) is 6.43. The second kappa shape index (κ2) is 7.64. The standard InChI is InChI=1S/C18H24FNO4/c1-3-12-6-8-18(9-7-12,17(22)23)20-16(21)11-13-4-5-15(24-2)14(19)10-13/h4-5,10,12H,3,6-9,11H2,1-2H3,(H,20,21)(H,22,23). The van der Waals surface area contributed by atoms with Gasteiger partial charge in [0.15, 0.2) is 11.6 Å². The highest BCUT2D eigenvalue weighted by atomic mass is 19.1. The first-order chi connectivity index (χ1) is 11.4. The van der Waals surface area contributed by atoms with Gasteiger partial charge in [0.1, 0.15) is 5.54 Å². The summed E-state index contributed by atoms with van der Waals surface area (Å²) in [6, 6.07) is 4.29. The largest absolute Gasteiger partial charge is 0.494 e. The highest BCUT2D eigenvalue weighted by Crippen LogP contribution is 2.34. The molecule has 2 rings (SSSR count). The number of ether oxygens (including phenoxy) is 1. The quantitative estimate of drug-likeness (QED) is 0.837. The molecule has 1 fully saturated rings. The van der Waals surface area contributed by atoms with E-state index in [9.17, 15) is 19.1 Å². The van der Waals surface area contributed by atoms with Gasteiger partial charge in [-0.3, -0.25) is 4.79 Å². The van der Waals surface area contributed by atoms with Crippen molar-refractivity contribution in [3.8, 4) is 5.75 Å². The van der Waals surface area contributed by atoms with E-state index in [1.807, 2.05) is 0 Å². The van der Waals surface area contributed by atoms with Crippen molar-refractivity contribution in [2.24, 2.45) is 5.92 Å². The van der Waals surface area contributed by atoms with Gasteiger partial charge in [0.2, 0.25) is 5.91 Å². The monoisotopic (exact) mass is 337 g/mol. The fraction of sp³-hybridized carbons (Fsp3) is 0.556. The number of methoxy groups -OCH3 is 1. The number of hydrogen-bond donors (Lipinski definition) is 2. The van der Waals surface area contributed by atoms with Crippen LogP contribution in [0.25, 0.3) is 0 Å². The molecular weight excluding hydrogens is 313 g/mol. The van der Waals surface area contributed by atoms with Crippen LogP contribution in [-0.2, 0) is 16.0 Å². The number of aliphatic carboxylic acids is 1. The molecule has 0 heterocycles. The van der Waals surface area contributed by atoms with E-state index in [-0.39, 0.29) is 12.2 Å². The van der Waals surface area contributed by atoms with Crippen LogP contribution in [0.15, 0.2) is 18.2 Å². The molecule has 0 spiro atoms. The van der Waals surface area contributed by atoms with E-state index in [0.717, 1.165) is 19.3 Å². The number of amides is 1. The molecule has 1 saturated carbocycles. The zero-order valence-corrected chi connectivity index (χ0v) is 14.1. The molecule has 6 heteroatoms. The lowest BCUT2D eigenvalue weighted by molar-refractivity contribution is -0.149. The molecule has 1 aliphatic carbocycles. The lowest BCUT2D eigenvalue weighted by Crippen LogP contribution is -2.56. The van der Waals surface area contributed by atoms with Gasteiger partial charge < -0.3 is 15.2 Å². The van der Waals surface area contributed by atoms with E-state index in [4.69, 9.17) is 4.74 Å². The molecule has 1 aromatic rings. The predicted molar refractivity (Wildman–Crippen MR) is 87.4 cm³/mol. The summed E-state index contributed by atoms with van der Waals surface area (Å²) < 4.78 is 18.5. The first kappa shape index (κ1) is 18.2. The number of hydrogen-bond acceptors (Lipinski definition) is 3. The van der Waals surface area contributed by atoms with Gasteiger partial charge in [-0.15, -0.1) is 0 Å². The Morgan fingerprint density at radius 2 is 2.04 bits per heavy atom. The molecule has 0 bridgehead atoms. The van der Waals surface area contributed by atoms with Crippen LogP contribution >= 0.6 is 0 Å². The smallest absolute Gasteiger partial charge is 0.329 e. The maximum absolute atomic E-state index is 13.7. The van der Waals surface area contributed by atoms with Crippen LogP contribution in [-0.4, -0.2) is 29.6 Å². The second-order valence-electron chi connectivity index (χ2n) is 6.43. The topological polar surface area (TPSA) is 75.6 Å². The van der Waals surface area contributed by atoms with Crippen LogP contribution in [0.4, 0.5) is 4.39 Å². The molecule has 0 radical (unpaired) electrons. The van der Waals surface area contributed by atoms with Crippen molar-refractivity contribution in [2.45, 2.75) is 51.0 Å². The van der Waals surface area contributed by atoms with Crippen molar-refractivity contribution in [1.29, 1.82) is 0 Å². The van der Waals surface area contributed by atoms with E-state index >= 15 is 0 Å². The third kappa shape index (κ3) is 4.04. The van der Waals surface area contributed by atoms with Gasteiger partial charge >= 0.3 is 5.97 Å². The molecule has 132 valence electrons. The Bertz CT molecular complexity index is 609. The molecule has 2 N–H and O–H groups in total. The van der Waals surface area contributed by atoms with Crippen molar-refractivity contribution >= 4 is 11.9 Å². The van der Waals surface area contributed by atoms with Gasteiger partial charge in [-0.25, -0.2) is 9.18 Å². The highest BCUT2D eigenvalue weighted by Gasteiger charge is 2.42. The number of benzene rings is 1. The minimum absolute atomic E-state index is 0.0624. The fourth-order valence-electron chi connectivity index (χ4n) is 3.29. The molecule has 0 saturated heterocycles. The Morgan fingerprint density at radius 1 is 1.38 bits per heavy atom. The maximum atomic E-state index is 13.7. The predicted octanol–water partition coefficient (Wildman–Crippen LogP) is 2.92. The molecule has 1 amide bonds. The van der Waals surface area contributed by atoms with Gasteiger partial charge in [-0.05, 0) is 49.3 Å². The number of carboxylic acid groups (broad SMARTS) is 1. The number of rotatable bonds is 6. The van der Waals surface area contributed by atoms with Crippen LogP contribution in [0.5, 0.6) is 5.75 Å². The number of carboxylic acids is 1. The van der Waals surface area contributed by atoms with Gasteiger partial charge in [0.25, 0.3) is 0 Å². The molecule has 0 atom stereocenters. The number of carbonyl (C=O) groups is 2. The van der Waals surface area contributed by atoms with E-state index in [2.05, 4.69) is 12.2 Å². The molecule has 5 nitrogen and oxygen atoms in total. The average molecular weight is 337 g/mol. The van der Waals surface area contributed by atoms with Crippen LogP contribution in [0.2, 0.25) is 0 Å². The zero-order chi connectivity index (χ0) is 17.7. The SMILES string of the molecule is CCC1CCC(NC(=O)Cc2ccc(OC)c(F)c2)(C(=O)O)CC1. The van der Waals surface area contributed by atoms with E-state index in [1.165, 1.54) is 19.2 Å². The molecule has 24 heavy (non-hydrogen) atoms. The third-order valence-corrected chi connectivity index (χ3v) is 4.91. The average Bonchev–Trinajstić information content (AvgIpc) is 2.55. The highest BCUT2D eigenvalue weighted by molar-refractivity contribution is 5.88. The van der Waals surface area contributed by atoms with Crippen LogP contribution in [0, 0.1) is 11.7 Å². The third-order valence-electron chi connectivity index (χ3n) is 4.91. The summed E-state index contributed by atoms with van der Waals surface area (Å²) in [4.78, 5) is 24.0. The van der Waals surface area contributed by atoms with E-state index < -0.39 is 23.2 Å². The van der Waals surface area contributed by atoms with Crippen molar-refractivity contribution < 1.29 is 23.8 Å². The lowest BCUT2D eigenvalue weighted by Gasteiger charge is -2.37. The molecule has 0 aliphatic heterocycles. The van der Waals surface area contributed by atoms with Gasteiger partial charge in [0.05, 0.1) is 13.5 Å². The Hall–Kier alpha value is -2.11. The number of halogens is 1. The molecule has 0 aromatic heterocycles. The van der Waals surface area contributed by atoms with Crippen LogP contribution < -0.4 is 10.1 Å². The summed E-state index contributed by atoms with van der Waals surface area (Å²) in [6.07, 6.45) is 3.41. The summed E-state index contributed by atoms with van der Waals surface area (Å²) in [5, 5.41) is 12.3. The van der Waals surface area contributed by atoms with Crippen molar-refractivity contribution in [1.82, 2.24) is 5.32 Å². The Balaban J connectivity index is 2.04. The minimum atomic E-state index is -1.20. The van der Waals surface area contributed by atoms with Gasteiger partial charge in [0, 0.05) is 0 Å². The maximum Gasteiger partial charge on any atom is 0.329 e. The van der Waals surface area contributed by atoms with E-state index in [1.54, 1.807) is 6.07 Å². The number of carbonyl (C=O) groups excluding carboxylic acids is 1. The van der Waals surface area contributed by atoms with Crippen molar-refractivity contribution in [3.63, 3.8) is 0 Å². The van der Waals surface area contributed by atoms with Gasteiger partial charge in [-0.1, -0.05) is 19.4 Å². The zero-order valence-electron chi connectivity index (χ0n) is 14.1. The van der Waals surface area contributed by atoms with Crippen molar-refractivity contribution in [2.75, 3.05) is 7.11 Å². The Kier molecular flexibility index (Phi) is 5.80. The summed E-state index contributed by atoms with van der Waals surface area (Å²) in [5.74, 6) is -1.31. The summed E-state index contributed by atoms with van der Waals surface area (Å²) in [5.41, 5.74) is -0.720. The normalized spacial score (nSPS) is 23.5. The minimum Gasteiger partial charge on any atom is -0.494 e. The van der Waals surface area contributed by atoms with E-state index in [0.29, 0.717) is 24.3 Å². The summed E-state index contributed by atoms with van der Waals surface area (Å²) in [6.45, 7) is 2.09. The fourth-order valence-corrected chi connectivity index (χ4v) is 3.29. The first-order valence-electron chi connectivity index (χ1n) is 8.27. The first-order valence-corrected chi connectivity index (χ1v) is 8.27. The Labute approximate surface area is 141 Å². The summed E-state index contributed by atoms with van der Waals surface area (Å²) >= 11 is 0. The molecule has 1 aromatic carbocycles. The van der Waals surface area contributed by atoms with Crippen LogP contribution in [0.3, 0.4) is 0 Å². The van der Waals surface area contributed by atoms with Crippen molar-refractivity contribution in [3.05, 3.63) is 29.6 Å². The summed E-state index contributed by atoms with van der Waals surface area (Å²) in [7, 11) is 1.37.